The first-order valence-corrected chi connectivity index (χ1v) is 11.9. The van der Waals surface area contributed by atoms with Crippen molar-refractivity contribution in [1.29, 1.82) is 5.26 Å². The molecule has 4 aromatic carbocycles. The highest BCUT2D eigenvalue weighted by Gasteiger charge is 2.35. The summed E-state index contributed by atoms with van der Waals surface area (Å²) in [6.45, 7) is 0.436. The molecular weight excluding hydrogens is 456 g/mol. The quantitative estimate of drug-likeness (QED) is 0.296. The van der Waals surface area contributed by atoms with E-state index in [2.05, 4.69) is 6.07 Å². The number of nitriles is 1. The van der Waals surface area contributed by atoms with Gasteiger partial charge in [0.1, 0.15) is 12.4 Å². The fraction of sp³-hybridized carbons (Fsp3) is 0.0690. The number of thioether (sulfide) groups is 1. The van der Waals surface area contributed by atoms with Crippen LogP contribution < -0.4 is 4.74 Å². The van der Waals surface area contributed by atoms with Gasteiger partial charge in [-0.15, -0.1) is 0 Å². The Morgan fingerprint density at radius 1 is 0.886 bits per heavy atom. The van der Waals surface area contributed by atoms with Crippen LogP contribution in [0, 0.1) is 11.3 Å². The molecule has 1 heterocycles. The summed E-state index contributed by atoms with van der Waals surface area (Å²) in [5.74, 6) is 0.254. The van der Waals surface area contributed by atoms with E-state index < -0.39 is 0 Å². The summed E-state index contributed by atoms with van der Waals surface area (Å²) in [6, 6.07) is 30.7. The van der Waals surface area contributed by atoms with Crippen LogP contribution in [0.25, 0.3) is 16.8 Å². The molecule has 6 heteroatoms. The van der Waals surface area contributed by atoms with Gasteiger partial charge in [-0.1, -0.05) is 78.9 Å². The van der Waals surface area contributed by atoms with Crippen LogP contribution in [0.5, 0.6) is 5.75 Å². The summed E-state index contributed by atoms with van der Waals surface area (Å²) in [6.07, 6.45) is 1.74. The molecule has 0 radical (unpaired) electrons. The Bertz CT molecular complexity index is 1510. The van der Waals surface area contributed by atoms with Crippen LogP contribution in [-0.4, -0.2) is 16.0 Å². The average Bonchev–Trinajstić information content (AvgIpc) is 3.16. The van der Waals surface area contributed by atoms with Gasteiger partial charge in [-0.05, 0) is 51.9 Å². The molecule has 4 aromatic rings. The summed E-state index contributed by atoms with van der Waals surface area (Å²) in [5, 5.41) is 10.9. The van der Waals surface area contributed by atoms with Crippen molar-refractivity contribution in [3.05, 3.63) is 118 Å². The Morgan fingerprint density at radius 3 is 2.46 bits per heavy atom. The molecule has 0 aromatic heterocycles. The second kappa shape index (κ2) is 9.88. The predicted octanol–water partition coefficient (Wildman–Crippen LogP) is 6.53. The van der Waals surface area contributed by atoms with Crippen molar-refractivity contribution in [2.24, 2.45) is 0 Å². The maximum Gasteiger partial charge on any atom is 0.293 e. The molecule has 0 bridgehead atoms. The minimum atomic E-state index is -0.380. The molecule has 35 heavy (non-hydrogen) atoms. The Labute approximate surface area is 207 Å². The molecule has 5 nitrogen and oxygen atoms in total. The van der Waals surface area contributed by atoms with Crippen molar-refractivity contribution in [3.63, 3.8) is 0 Å². The normalized spacial score (nSPS) is 14.5. The zero-order valence-electron chi connectivity index (χ0n) is 18.7. The monoisotopic (exact) mass is 476 g/mol. The third-order valence-corrected chi connectivity index (χ3v) is 6.69. The zero-order valence-corrected chi connectivity index (χ0v) is 19.5. The standard InChI is InChI=1S/C29H20N2O3S/c30-17-22-11-4-5-12-23(22)18-31-28(32)27(35-29(31)33)16-25-24-13-7-6-10-21(24)14-15-26(25)34-19-20-8-2-1-3-9-20/h1-16H,18-19H2. The summed E-state index contributed by atoms with van der Waals surface area (Å²) >= 11 is 0.901. The lowest BCUT2D eigenvalue weighted by Crippen LogP contribution is -2.27. The molecule has 170 valence electrons. The first kappa shape index (κ1) is 22.5. The molecule has 2 amide bonds. The van der Waals surface area contributed by atoms with E-state index >= 15 is 0 Å². The average molecular weight is 477 g/mol. The SMILES string of the molecule is N#Cc1ccccc1CN1C(=O)SC(=Cc2c(OCc3ccccc3)ccc3ccccc23)C1=O. The Kier molecular flexibility index (Phi) is 6.34. The number of ether oxygens (including phenoxy) is 1. The van der Waals surface area contributed by atoms with Crippen LogP contribution in [0.2, 0.25) is 0 Å². The van der Waals surface area contributed by atoms with Crippen LogP contribution in [-0.2, 0) is 17.9 Å². The molecule has 0 aliphatic carbocycles. The minimum absolute atomic E-state index is 0.0542. The van der Waals surface area contributed by atoms with Crippen LogP contribution >= 0.6 is 11.8 Å². The molecule has 1 saturated heterocycles. The van der Waals surface area contributed by atoms with Gasteiger partial charge in [-0.2, -0.15) is 5.26 Å². The largest absolute Gasteiger partial charge is 0.488 e. The Morgan fingerprint density at radius 2 is 1.63 bits per heavy atom. The molecule has 0 atom stereocenters. The van der Waals surface area contributed by atoms with Crippen molar-refractivity contribution in [3.8, 4) is 11.8 Å². The predicted molar refractivity (Wildman–Crippen MR) is 137 cm³/mol. The molecule has 1 aliphatic heterocycles. The van der Waals surface area contributed by atoms with Crippen molar-refractivity contribution in [2.45, 2.75) is 13.2 Å². The van der Waals surface area contributed by atoms with Crippen LogP contribution in [0.4, 0.5) is 4.79 Å². The van der Waals surface area contributed by atoms with Crippen LogP contribution in [0.15, 0.2) is 95.9 Å². The number of carbonyl (C=O) groups excluding carboxylic acids is 2. The van der Waals surface area contributed by atoms with Crippen molar-refractivity contribution >= 4 is 39.8 Å². The van der Waals surface area contributed by atoms with Gasteiger partial charge in [-0.25, -0.2) is 0 Å². The van der Waals surface area contributed by atoms with Crippen molar-refractivity contribution < 1.29 is 14.3 Å². The zero-order chi connectivity index (χ0) is 24.2. The van der Waals surface area contributed by atoms with E-state index in [0.29, 0.717) is 28.4 Å². The van der Waals surface area contributed by atoms with Crippen LogP contribution in [0.1, 0.15) is 22.3 Å². The fourth-order valence-electron chi connectivity index (χ4n) is 3.99. The number of benzene rings is 4. The number of fused-ring (bicyclic) bond motifs is 1. The van der Waals surface area contributed by atoms with Gasteiger partial charge in [0, 0.05) is 5.56 Å². The van der Waals surface area contributed by atoms with Gasteiger partial charge < -0.3 is 4.74 Å². The second-order valence-corrected chi connectivity index (χ2v) is 9.00. The van der Waals surface area contributed by atoms with Crippen molar-refractivity contribution in [1.82, 2.24) is 4.90 Å². The molecule has 0 spiro atoms. The fourth-order valence-corrected chi connectivity index (χ4v) is 4.81. The summed E-state index contributed by atoms with van der Waals surface area (Å²) in [4.78, 5) is 27.5. The first-order valence-electron chi connectivity index (χ1n) is 11.1. The molecule has 1 fully saturated rings. The summed E-state index contributed by atoms with van der Waals surface area (Å²) in [7, 11) is 0. The van der Waals surface area contributed by atoms with Crippen molar-refractivity contribution in [2.75, 3.05) is 0 Å². The number of amides is 2. The number of rotatable bonds is 6. The number of carbonyl (C=O) groups is 2. The van der Waals surface area contributed by atoms with Gasteiger partial charge >= 0.3 is 0 Å². The Hall–Kier alpha value is -4.34. The van der Waals surface area contributed by atoms with E-state index in [0.717, 1.165) is 33.7 Å². The maximum absolute atomic E-state index is 13.2. The first-order chi connectivity index (χ1) is 17.1. The lowest BCUT2D eigenvalue weighted by molar-refractivity contribution is -0.123. The third kappa shape index (κ3) is 4.68. The maximum atomic E-state index is 13.2. The lowest BCUT2D eigenvalue weighted by atomic mass is 10.0. The summed E-state index contributed by atoms with van der Waals surface area (Å²) in [5.41, 5.74) is 2.86. The third-order valence-electron chi connectivity index (χ3n) is 5.78. The van der Waals surface area contributed by atoms with E-state index in [9.17, 15) is 14.9 Å². The highest BCUT2D eigenvalue weighted by atomic mass is 32.2. The molecule has 0 unspecified atom stereocenters. The van der Waals surface area contributed by atoms with E-state index in [-0.39, 0.29) is 17.7 Å². The van der Waals surface area contributed by atoms with E-state index in [1.165, 1.54) is 4.90 Å². The number of nitrogens with zero attached hydrogens (tertiary/aromatic N) is 2. The topological polar surface area (TPSA) is 70.4 Å². The van der Waals surface area contributed by atoms with E-state index in [4.69, 9.17) is 4.74 Å². The van der Waals surface area contributed by atoms with Gasteiger partial charge in [-0.3, -0.25) is 14.5 Å². The smallest absolute Gasteiger partial charge is 0.293 e. The number of imide groups is 1. The van der Waals surface area contributed by atoms with Gasteiger partial charge in [0.05, 0.1) is 23.1 Å². The molecule has 0 saturated carbocycles. The van der Waals surface area contributed by atoms with E-state index in [1.807, 2.05) is 66.7 Å². The molecule has 1 aliphatic rings. The highest BCUT2D eigenvalue weighted by molar-refractivity contribution is 8.18. The lowest BCUT2D eigenvalue weighted by Gasteiger charge is -2.14. The van der Waals surface area contributed by atoms with Gasteiger partial charge in [0.2, 0.25) is 0 Å². The molecular formula is C29H20N2O3S. The molecule has 0 N–H and O–H groups in total. The summed E-state index contributed by atoms with van der Waals surface area (Å²) < 4.78 is 6.16. The minimum Gasteiger partial charge on any atom is -0.488 e. The van der Waals surface area contributed by atoms with Crippen LogP contribution in [0.3, 0.4) is 0 Å². The Balaban J connectivity index is 1.49. The van der Waals surface area contributed by atoms with Gasteiger partial charge in [0.15, 0.2) is 0 Å². The number of hydrogen-bond acceptors (Lipinski definition) is 5. The van der Waals surface area contributed by atoms with E-state index in [1.54, 1.807) is 30.3 Å². The second-order valence-electron chi connectivity index (χ2n) is 8.01. The highest BCUT2D eigenvalue weighted by Crippen LogP contribution is 2.37. The number of hydrogen-bond donors (Lipinski definition) is 0. The molecule has 5 rings (SSSR count). The van der Waals surface area contributed by atoms with Gasteiger partial charge in [0.25, 0.3) is 11.1 Å².